The van der Waals surface area contributed by atoms with Gasteiger partial charge in [0.1, 0.15) is 0 Å². The summed E-state index contributed by atoms with van der Waals surface area (Å²) < 4.78 is 0. The Morgan fingerprint density at radius 1 is 1.28 bits per heavy atom. The molecule has 0 heterocycles. The van der Waals surface area contributed by atoms with Crippen LogP contribution < -0.4 is 5.32 Å². The van der Waals surface area contributed by atoms with E-state index >= 15 is 0 Å². The van der Waals surface area contributed by atoms with Gasteiger partial charge in [-0.15, -0.1) is 0 Å². The fourth-order valence-electron chi connectivity index (χ4n) is 1.91. The van der Waals surface area contributed by atoms with Gasteiger partial charge in [-0.1, -0.05) is 13.8 Å². The van der Waals surface area contributed by atoms with Crippen LogP contribution in [0.5, 0.6) is 0 Å². The Labute approximate surface area is 112 Å². The Bertz CT molecular complexity index is 249. The lowest BCUT2D eigenvalue weighted by molar-refractivity contribution is -0.131. The molecule has 0 spiro atoms. The number of hydrogen-bond acceptors (Lipinski definition) is 3. The van der Waals surface area contributed by atoms with Gasteiger partial charge in [0.25, 0.3) is 0 Å². The standard InChI is InChI=1S/C14H29N3O/c1-12(2)11-17(10-9-16(3)4)14(18)7-8-15-13-5-6-13/h12-13,15H,5-11H2,1-4H3. The summed E-state index contributed by atoms with van der Waals surface area (Å²) in [5.41, 5.74) is 0. The molecule has 1 saturated carbocycles. The average molecular weight is 255 g/mol. The maximum atomic E-state index is 12.2. The van der Waals surface area contributed by atoms with Gasteiger partial charge in [-0.2, -0.15) is 0 Å². The molecule has 0 unspecified atom stereocenters. The molecule has 0 bridgehead atoms. The van der Waals surface area contributed by atoms with Crippen molar-refractivity contribution in [2.24, 2.45) is 5.92 Å². The van der Waals surface area contributed by atoms with Crippen molar-refractivity contribution in [1.82, 2.24) is 15.1 Å². The van der Waals surface area contributed by atoms with Crippen LogP contribution in [0.4, 0.5) is 0 Å². The minimum atomic E-state index is 0.290. The van der Waals surface area contributed by atoms with Gasteiger partial charge in [-0.05, 0) is 32.9 Å². The van der Waals surface area contributed by atoms with Crippen LogP contribution in [-0.2, 0) is 4.79 Å². The SMILES string of the molecule is CC(C)CN(CCN(C)C)C(=O)CCNC1CC1. The zero-order valence-corrected chi connectivity index (χ0v) is 12.4. The Balaban J connectivity index is 2.27. The van der Waals surface area contributed by atoms with Crippen LogP contribution in [-0.4, -0.2) is 62.0 Å². The van der Waals surface area contributed by atoms with Crippen LogP contribution in [0.2, 0.25) is 0 Å². The van der Waals surface area contributed by atoms with Gasteiger partial charge in [0.15, 0.2) is 0 Å². The van der Waals surface area contributed by atoms with Crippen molar-refractivity contribution in [3.05, 3.63) is 0 Å². The van der Waals surface area contributed by atoms with E-state index in [1.54, 1.807) is 0 Å². The molecule has 0 atom stereocenters. The molecule has 1 N–H and O–H groups in total. The van der Waals surface area contributed by atoms with Gasteiger partial charge in [0.05, 0.1) is 0 Å². The number of likely N-dealkylation sites (N-methyl/N-ethyl adjacent to an activating group) is 1. The van der Waals surface area contributed by atoms with E-state index < -0.39 is 0 Å². The van der Waals surface area contributed by atoms with E-state index in [1.165, 1.54) is 12.8 Å². The van der Waals surface area contributed by atoms with Gasteiger partial charge < -0.3 is 15.1 Å². The minimum Gasteiger partial charge on any atom is -0.341 e. The van der Waals surface area contributed by atoms with Crippen LogP contribution in [0.15, 0.2) is 0 Å². The van der Waals surface area contributed by atoms with Crippen LogP contribution in [0.25, 0.3) is 0 Å². The Morgan fingerprint density at radius 3 is 2.44 bits per heavy atom. The monoisotopic (exact) mass is 255 g/mol. The molecule has 1 amide bonds. The number of nitrogens with zero attached hydrogens (tertiary/aromatic N) is 2. The van der Waals surface area contributed by atoms with E-state index in [9.17, 15) is 4.79 Å². The number of rotatable bonds is 9. The zero-order chi connectivity index (χ0) is 13.5. The molecule has 0 aromatic heterocycles. The predicted molar refractivity (Wildman–Crippen MR) is 75.6 cm³/mol. The Kier molecular flexibility index (Phi) is 6.65. The third-order valence-electron chi connectivity index (χ3n) is 3.10. The number of hydrogen-bond donors (Lipinski definition) is 1. The van der Waals surface area contributed by atoms with E-state index in [2.05, 4.69) is 24.1 Å². The number of nitrogens with one attached hydrogen (secondary N) is 1. The summed E-state index contributed by atoms with van der Waals surface area (Å²) in [6.07, 6.45) is 3.20. The smallest absolute Gasteiger partial charge is 0.223 e. The fourth-order valence-corrected chi connectivity index (χ4v) is 1.91. The van der Waals surface area contributed by atoms with Crippen molar-refractivity contribution in [3.63, 3.8) is 0 Å². The van der Waals surface area contributed by atoms with Crippen molar-refractivity contribution in [1.29, 1.82) is 0 Å². The normalized spacial score (nSPS) is 15.4. The van der Waals surface area contributed by atoms with E-state index in [-0.39, 0.29) is 0 Å². The molecular formula is C14H29N3O. The summed E-state index contributed by atoms with van der Waals surface area (Å²) in [5.74, 6) is 0.825. The van der Waals surface area contributed by atoms with Gasteiger partial charge in [-0.25, -0.2) is 0 Å². The van der Waals surface area contributed by atoms with Crippen LogP contribution in [0, 0.1) is 5.92 Å². The van der Waals surface area contributed by atoms with E-state index in [0.29, 0.717) is 24.3 Å². The Hall–Kier alpha value is -0.610. The van der Waals surface area contributed by atoms with Gasteiger partial charge >= 0.3 is 0 Å². The first-order valence-electron chi connectivity index (χ1n) is 7.15. The molecule has 4 heteroatoms. The molecule has 1 aliphatic rings. The molecule has 1 aliphatic carbocycles. The molecule has 18 heavy (non-hydrogen) atoms. The summed E-state index contributed by atoms with van der Waals surface area (Å²) in [6, 6.07) is 0.693. The summed E-state index contributed by atoms with van der Waals surface area (Å²) >= 11 is 0. The lowest BCUT2D eigenvalue weighted by atomic mass is 10.2. The fraction of sp³-hybridized carbons (Fsp3) is 0.929. The van der Waals surface area contributed by atoms with Crippen LogP contribution in [0.3, 0.4) is 0 Å². The van der Waals surface area contributed by atoms with Gasteiger partial charge in [0.2, 0.25) is 5.91 Å². The largest absolute Gasteiger partial charge is 0.341 e. The highest BCUT2D eigenvalue weighted by Gasteiger charge is 2.21. The third-order valence-corrected chi connectivity index (χ3v) is 3.10. The molecule has 0 radical (unpaired) electrons. The first-order chi connectivity index (χ1) is 8.49. The second-order valence-corrected chi connectivity index (χ2v) is 6.02. The van der Waals surface area contributed by atoms with Gasteiger partial charge in [0, 0.05) is 38.6 Å². The second kappa shape index (κ2) is 7.74. The number of carbonyl (C=O) groups is 1. The topological polar surface area (TPSA) is 35.6 Å². The summed E-state index contributed by atoms with van der Waals surface area (Å²) in [7, 11) is 4.10. The summed E-state index contributed by atoms with van der Waals surface area (Å²) in [5, 5.41) is 3.40. The molecule has 4 nitrogen and oxygen atoms in total. The third kappa shape index (κ3) is 6.97. The molecule has 1 rings (SSSR count). The zero-order valence-electron chi connectivity index (χ0n) is 12.4. The number of carbonyl (C=O) groups excluding carboxylic acids is 1. The van der Waals surface area contributed by atoms with Crippen molar-refractivity contribution < 1.29 is 4.79 Å². The molecule has 0 saturated heterocycles. The maximum absolute atomic E-state index is 12.2. The lowest BCUT2D eigenvalue weighted by Crippen LogP contribution is -2.40. The van der Waals surface area contributed by atoms with Crippen LogP contribution >= 0.6 is 0 Å². The van der Waals surface area contributed by atoms with Crippen molar-refractivity contribution in [2.45, 2.75) is 39.2 Å². The van der Waals surface area contributed by atoms with Crippen molar-refractivity contribution in [3.8, 4) is 0 Å². The first kappa shape index (κ1) is 15.4. The Morgan fingerprint density at radius 2 is 1.94 bits per heavy atom. The average Bonchev–Trinajstić information content (AvgIpc) is 3.07. The van der Waals surface area contributed by atoms with E-state index in [1.807, 2.05) is 19.0 Å². The highest BCUT2D eigenvalue weighted by Crippen LogP contribution is 2.18. The predicted octanol–water partition coefficient (Wildman–Crippen LogP) is 1.17. The molecule has 0 aliphatic heterocycles. The summed E-state index contributed by atoms with van der Waals surface area (Å²) in [6.45, 7) is 7.81. The quantitative estimate of drug-likeness (QED) is 0.672. The molecular weight excluding hydrogens is 226 g/mol. The maximum Gasteiger partial charge on any atom is 0.223 e. The first-order valence-corrected chi connectivity index (χ1v) is 7.15. The minimum absolute atomic E-state index is 0.290. The molecule has 0 aromatic rings. The van der Waals surface area contributed by atoms with Crippen molar-refractivity contribution in [2.75, 3.05) is 40.3 Å². The molecule has 0 aromatic carbocycles. The van der Waals surface area contributed by atoms with Crippen LogP contribution in [0.1, 0.15) is 33.1 Å². The molecule has 106 valence electrons. The summed E-state index contributed by atoms with van der Waals surface area (Å²) in [4.78, 5) is 16.3. The van der Waals surface area contributed by atoms with E-state index in [0.717, 1.165) is 26.2 Å². The highest BCUT2D eigenvalue weighted by molar-refractivity contribution is 5.76. The highest BCUT2D eigenvalue weighted by atomic mass is 16.2. The second-order valence-electron chi connectivity index (χ2n) is 6.02. The van der Waals surface area contributed by atoms with Gasteiger partial charge in [-0.3, -0.25) is 4.79 Å². The lowest BCUT2D eigenvalue weighted by Gasteiger charge is -2.26. The molecule has 1 fully saturated rings. The van der Waals surface area contributed by atoms with E-state index in [4.69, 9.17) is 0 Å². The number of amides is 1. The van der Waals surface area contributed by atoms with Crippen molar-refractivity contribution >= 4 is 5.91 Å².